The molecule has 4 rings (SSSR count). The molecule has 0 bridgehead atoms. The number of piperidine rings is 1. The van der Waals surface area contributed by atoms with Crippen molar-refractivity contribution in [1.29, 1.82) is 0 Å². The average molecular weight is 419 g/mol. The Morgan fingerprint density at radius 1 is 0.966 bits per heavy atom. The molecule has 1 spiro atoms. The minimum absolute atomic E-state index is 0.249. The Morgan fingerprint density at radius 3 is 2.10 bits per heavy atom. The molecule has 2 aromatic carbocycles. The molecule has 156 valence electrons. The minimum atomic E-state index is -3.55. The van der Waals surface area contributed by atoms with Gasteiger partial charge in [0.25, 0.3) is 0 Å². The molecule has 0 unspecified atom stereocenters. The first-order valence-electron chi connectivity index (χ1n) is 9.76. The fourth-order valence-corrected chi connectivity index (χ4v) is 4.85. The molecule has 29 heavy (non-hydrogen) atoms. The van der Waals surface area contributed by atoms with Gasteiger partial charge in [0.2, 0.25) is 22.1 Å². The second-order valence-corrected chi connectivity index (χ2v) is 9.35. The predicted molar refractivity (Wildman–Crippen MR) is 105 cm³/mol. The molecule has 2 heterocycles. The molecule has 0 aromatic heterocycles. The van der Waals surface area contributed by atoms with Crippen LogP contribution in [0.2, 0.25) is 0 Å². The van der Waals surface area contributed by atoms with Gasteiger partial charge in [-0.3, -0.25) is 0 Å². The molecule has 2 aliphatic rings. The summed E-state index contributed by atoms with van der Waals surface area (Å²) in [5, 5.41) is 0. The van der Waals surface area contributed by atoms with Crippen LogP contribution in [0.15, 0.2) is 53.4 Å². The summed E-state index contributed by atoms with van der Waals surface area (Å²) in [6.07, 6.45) is 0.782. The summed E-state index contributed by atoms with van der Waals surface area (Å²) in [5.41, 5.74) is 3.01. The highest BCUT2D eigenvalue weighted by atomic mass is 32.2. The van der Waals surface area contributed by atoms with Gasteiger partial charge in [-0.1, -0.05) is 48.9 Å². The number of aryl methyl sites for hydroxylation is 2. The van der Waals surface area contributed by atoms with Crippen molar-refractivity contribution in [3.8, 4) is 0 Å². The third kappa shape index (κ3) is 4.23. The minimum Gasteiger partial charge on any atom is -0.207 e. The Morgan fingerprint density at radius 2 is 1.55 bits per heavy atom. The van der Waals surface area contributed by atoms with Gasteiger partial charge in [-0.05, 0) is 31.0 Å². The highest BCUT2D eigenvalue weighted by Gasteiger charge is 2.46. The quantitative estimate of drug-likeness (QED) is 0.705. The van der Waals surface area contributed by atoms with Crippen molar-refractivity contribution in [3.63, 3.8) is 0 Å². The maximum atomic E-state index is 12.8. The molecule has 2 fully saturated rings. The molecular formula is C21H25NO6S. The summed E-state index contributed by atoms with van der Waals surface area (Å²) in [6, 6.07) is 14.7. The summed E-state index contributed by atoms with van der Waals surface area (Å²) in [5.74, 6) is -1.10. The van der Waals surface area contributed by atoms with Crippen LogP contribution in [0.5, 0.6) is 0 Å². The van der Waals surface area contributed by atoms with Crippen LogP contribution in [-0.2, 0) is 36.0 Å². The molecule has 0 amide bonds. The van der Waals surface area contributed by atoms with E-state index in [0.717, 1.165) is 17.5 Å². The van der Waals surface area contributed by atoms with E-state index in [1.807, 2.05) is 31.2 Å². The number of sulfonamides is 1. The van der Waals surface area contributed by atoms with E-state index in [4.69, 9.17) is 19.6 Å². The first-order valence-corrected chi connectivity index (χ1v) is 11.2. The largest absolute Gasteiger partial charge is 0.249 e. The molecule has 0 radical (unpaired) electrons. The standard InChI is InChI=1S/C21H25NO6S/c1-3-17-6-8-18(9-7-17)20-25-27-21(28-26-20)12-14-22(15-13-21)29(23,24)19-10-4-16(2)5-11-19/h4-11,20H,3,12-15H2,1-2H3. The first-order chi connectivity index (χ1) is 13.9. The van der Waals surface area contributed by atoms with Gasteiger partial charge in [-0.15, -0.1) is 0 Å². The fraction of sp³-hybridized carbons (Fsp3) is 0.429. The molecule has 8 heteroatoms. The fourth-order valence-electron chi connectivity index (χ4n) is 3.41. The third-order valence-electron chi connectivity index (χ3n) is 5.38. The van der Waals surface area contributed by atoms with Crippen LogP contribution in [0.3, 0.4) is 0 Å². The van der Waals surface area contributed by atoms with Crippen molar-refractivity contribution < 1.29 is 28.0 Å². The van der Waals surface area contributed by atoms with Crippen molar-refractivity contribution >= 4 is 10.0 Å². The highest BCUT2D eigenvalue weighted by Crippen LogP contribution is 2.38. The number of nitrogens with zero attached hydrogens (tertiary/aromatic N) is 1. The lowest BCUT2D eigenvalue weighted by Gasteiger charge is -2.41. The molecule has 2 aromatic rings. The van der Waals surface area contributed by atoms with Gasteiger partial charge in [0.1, 0.15) is 0 Å². The number of benzene rings is 2. The zero-order chi connectivity index (χ0) is 20.5. The Kier molecular flexibility index (Phi) is 5.74. The van der Waals surface area contributed by atoms with Crippen molar-refractivity contribution in [2.24, 2.45) is 0 Å². The molecule has 0 atom stereocenters. The molecule has 0 aliphatic carbocycles. The second-order valence-electron chi connectivity index (χ2n) is 7.41. The van der Waals surface area contributed by atoms with Gasteiger partial charge >= 0.3 is 0 Å². The van der Waals surface area contributed by atoms with Gasteiger partial charge in [0.15, 0.2) is 0 Å². The average Bonchev–Trinajstić information content (AvgIpc) is 2.75. The zero-order valence-electron chi connectivity index (χ0n) is 16.5. The maximum Gasteiger partial charge on any atom is 0.249 e. The van der Waals surface area contributed by atoms with Crippen LogP contribution >= 0.6 is 0 Å². The Hall–Kier alpha value is -1.81. The SMILES string of the molecule is CCc1ccc(C2OOC3(CCN(S(=O)(=O)c4ccc(C)cc4)CC3)OO2)cc1. The van der Waals surface area contributed by atoms with Gasteiger partial charge in [0.05, 0.1) is 4.90 Å². The molecule has 7 nitrogen and oxygen atoms in total. The summed E-state index contributed by atoms with van der Waals surface area (Å²) in [7, 11) is -3.55. The lowest BCUT2D eigenvalue weighted by Crippen LogP contribution is -2.51. The molecular weight excluding hydrogens is 394 g/mol. The van der Waals surface area contributed by atoms with Crippen LogP contribution < -0.4 is 0 Å². The van der Waals surface area contributed by atoms with Crippen LogP contribution in [-0.4, -0.2) is 31.6 Å². The maximum absolute atomic E-state index is 12.8. The van der Waals surface area contributed by atoms with Gasteiger partial charge in [0, 0.05) is 31.5 Å². The van der Waals surface area contributed by atoms with E-state index in [2.05, 4.69) is 6.92 Å². The smallest absolute Gasteiger partial charge is 0.207 e. The third-order valence-corrected chi connectivity index (χ3v) is 7.29. The Bertz CT molecular complexity index is 924. The van der Waals surface area contributed by atoms with E-state index in [0.29, 0.717) is 12.8 Å². The molecule has 0 saturated carbocycles. The summed E-state index contributed by atoms with van der Waals surface area (Å²) >= 11 is 0. The van der Waals surface area contributed by atoms with Crippen LogP contribution in [0.1, 0.15) is 42.7 Å². The summed E-state index contributed by atoms with van der Waals surface area (Å²) in [6.45, 7) is 4.51. The monoisotopic (exact) mass is 419 g/mol. The molecule has 2 saturated heterocycles. The summed E-state index contributed by atoms with van der Waals surface area (Å²) < 4.78 is 27.1. The summed E-state index contributed by atoms with van der Waals surface area (Å²) in [4.78, 5) is 22.2. The van der Waals surface area contributed by atoms with Crippen LogP contribution in [0.4, 0.5) is 0 Å². The lowest BCUT2D eigenvalue weighted by molar-refractivity contribution is -0.633. The van der Waals surface area contributed by atoms with Crippen molar-refractivity contribution in [2.45, 2.75) is 50.1 Å². The van der Waals surface area contributed by atoms with E-state index >= 15 is 0 Å². The van der Waals surface area contributed by atoms with Crippen molar-refractivity contribution in [3.05, 3.63) is 65.2 Å². The number of hydrogen-bond donors (Lipinski definition) is 0. The van der Waals surface area contributed by atoms with E-state index < -0.39 is 22.1 Å². The van der Waals surface area contributed by atoms with Crippen LogP contribution in [0, 0.1) is 6.92 Å². The normalized spacial score (nSPS) is 20.8. The lowest BCUT2D eigenvalue weighted by atomic mass is 10.1. The van der Waals surface area contributed by atoms with Crippen LogP contribution in [0.25, 0.3) is 0 Å². The highest BCUT2D eigenvalue weighted by molar-refractivity contribution is 7.89. The van der Waals surface area contributed by atoms with E-state index in [1.165, 1.54) is 9.87 Å². The molecule has 0 N–H and O–H groups in total. The second kappa shape index (κ2) is 8.14. The van der Waals surface area contributed by atoms with Gasteiger partial charge in [-0.25, -0.2) is 8.42 Å². The Labute approximate surface area is 171 Å². The first kappa shape index (κ1) is 20.5. The topological polar surface area (TPSA) is 74.3 Å². The van der Waals surface area contributed by atoms with E-state index in [9.17, 15) is 8.42 Å². The number of hydrogen-bond acceptors (Lipinski definition) is 6. The predicted octanol–water partition coefficient (Wildman–Crippen LogP) is 3.65. The van der Waals surface area contributed by atoms with E-state index in [-0.39, 0.29) is 18.0 Å². The van der Waals surface area contributed by atoms with Crippen molar-refractivity contribution in [2.75, 3.05) is 13.1 Å². The number of rotatable bonds is 4. The Balaban J connectivity index is 1.36. The zero-order valence-corrected chi connectivity index (χ0v) is 17.4. The van der Waals surface area contributed by atoms with Gasteiger partial charge in [-0.2, -0.15) is 23.9 Å². The molecule has 2 aliphatic heterocycles. The van der Waals surface area contributed by atoms with Gasteiger partial charge < -0.3 is 0 Å². The van der Waals surface area contributed by atoms with Crippen molar-refractivity contribution in [1.82, 2.24) is 4.31 Å². The van der Waals surface area contributed by atoms with E-state index in [1.54, 1.807) is 24.3 Å².